The summed E-state index contributed by atoms with van der Waals surface area (Å²) in [5.41, 5.74) is 1.24. The topological polar surface area (TPSA) is 225 Å². The fourth-order valence-corrected chi connectivity index (χ4v) is 108. The number of hydrogen-bond acceptors (Lipinski definition) is 21. The summed E-state index contributed by atoms with van der Waals surface area (Å²) in [6.07, 6.45) is 15.3. The summed E-state index contributed by atoms with van der Waals surface area (Å²) in [7, 11) is -45.7. The molecule has 2 heterocycles. The monoisotopic (exact) mass is 1630 g/mol. The van der Waals surface area contributed by atoms with Gasteiger partial charge in [0.15, 0.2) is 16.6 Å². The van der Waals surface area contributed by atoms with Gasteiger partial charge in [0.05, 0.1) is 23.7 Å². The van der Waals surface area contributed by atoms with Crippen LogP contribution in [0.15, 0.2) is 0 Å². The number of cyclic esters (lactones) is 4. The Hall–Kier alpha value is 1.15. The van der Waals surface area contributed by atoms with E-state index in [1.54, 1.807) is 0 Å². The molecule has 8 rings (SSSR count). The Morgan fingerprint density at radius 2 is 0.454 bits per heavy atom. The van der Waals surface area contributed by atoms with Crippen LogP contribution in [0, 0.1) is 47.3 Å². The van der Waals surface area contributed by atoms with Gasteiger partial charge < -0.3 is 71.2 Å². The summed E-state index contributed by atoms with van der Waals surface area (Å²) in [6, 6.07) is 0. The standard InChI is InChI=1S/C60H130O21Si16/c1-82(2,51-43-45-41-49(51)55-53(45)57(61)65-59(55)63)67-84(5,6)69-85(7,8)70-86(9,10)71-87(11,12)72-88(13,14)73-89(15,16)74-90(17,18)75-91(19,20)76-92(21,22)77-93(23,24)78-94(25,26)79-95(27,28)80-96(29,30)81-97(47-37-33-31-34-38-47,48-39-35-32-36-40-48)68-83(3,4)52-44-46-42-50(52)56-54(46)58(62)66-60(56)64/h45-56H,31-44H2,1-30H3. The van der Waals surface area contributed by atoms with Gasteiger partial charge in [-0.25, -0.2) is 0 Å². The Morgan fingerprint density at radius 1 is 0.247 bits per heavy atom. The van der Waals surface area contributed by atoms with E-state index >= 15 is 0 Å². The summed E-state index contributed by atoms with van der Waals surface area (Å²) < 4.78 is 118. The van der Waals surface area contributed by atoms with Crippen molar-refractivity contribution in [2.75, 3.05) is 0 Å². The molecule has 0 aromatic carbocycles. The maximum absolute atomic E-state index is 13.2. The second-order valence-electron chi connectivity index (χ2n) is 36.9. The van der Waals surface area contributed by atoms with Crippen LogP contribution in [-0.2, 0) is 90.4 Å². The highest BCUT2D eigenvalue weighted by molar-refractivity contribution is 6.96. The molecule has 0 radical (unpaired) electrons. The lowest BCUT2D eigenvalue weighted by Crippen LogP contribution is -2.66. The Morgan fingerprint density at radius 3 is 0.701 bits per heavy atom. The summed E-state index contributed by atoms with van der Waals surface area (Å²) in [5.74, 6) is -1.94. The molecule has 0 aromatic rings. The molecule has 8 fully saturated rings. The number of fused-ring (bicyclic) bond motifs is 10. The van der Waals surface area contributed by atoms with Crippen LogP contribution < -0.4 is 0 Å². The quantitative estimate of drug-likeness (QED) is 0.0331. The molecule has 2 saturated heterocycles. The van der Waals surface area contributed by atoms with Gasteiger partial charge in [-0.3, -0.25) is 19.2 Å². The second-order valence-corrected chi connectivity index (χ2v) is 96.5. The minimum absolute atomic E-state index is 0.116. The first-order valence-electron chi connectivity index (χ1n) is 36.6. The molecule has 0 spiro atoms. The lowest BCUT2D eigenvalue weighted by Gasteiger charge is -2.54. The molecule has 97 heavy (non-hydrogen) atoms. The summed E-state index contributed by atoms with van der Waals surface area (Å²) in [4.78, 5) is 51.4. The second kappa shape index (κ2) is 28.9. The first kappa shape index (κ1) is 83.8. The van der Waals surface area contributed by atoms with E-state index in [1.807, 2.05) is 0 Å². The lowest BCUT2D eigenvalue weighted by atomic mass is 9.81. The van der Waals surface area contributed by atoms with Gasteiger partial charge in [-0.15, -0.1) is 0 Å². The molecule has 0 N–H and O–H groups in total. The fourth-order valence-electron chi connectivity index (χ4n) is 20.8. The molecule has 8 aliphatic rings. The fraction of sp³-hybridized carbons (Fsp3) is 0.933. The van der Waals surface area contributed by atoms with E-state index in [9.17, 15) is 19.2 Å². The third-order valence-electron chi connectivity index (χ3n) is 20.9. The van der Waals surface area contributed by atoms with Gasteiger partial charge in [-0.1, -0.05) is 38.5 Å². The van der Waals surface area contributed by atoms with Crippen molar-refractivity contribution in [3.05, 3.63) is 0 Å². The van der Waals surface area contributed by atoms with Crippen LogP contribution in [0.1, 0.15) is 89.9 Å². The zero-order valence-corrected chi connectivity index (χ0v) is 81.4. The van der Waals surface area contributed by atoms with E-state index in [2.05, 4.69) is 196 Å². The van der Waals surface area contributed by atoms with E-state index in [0.717, 1.165) is 51.4 Å². The summed E-state index contributed by atoms with van der Waals surface area (Å²) in [6.45, 7) is 63.5. The minimum atomic E-state index is -3.04. The number of rotatable bonds is 34. The van der Waals surface area contributed by atoms with E-state index in [-0.39, 0.29) is 82.3 Å². The molecule has 37 heteroatoms. The number of carbonyl (C=O) groups excluding carboxylic acids is 4. The Kier molecular flexibility index (Phi) is 25.0. The van der Waals surface area contributed by atoms with Gasteiger partial charge in [0.25, 0.3) is 0 Å². The van der Waals surface area contributed by atoms with Crippen molar-refractivity contribution in [3.8, 4) is 0 Å². The van der Waals surface area contributed by atoms with Gasteiger partial charge in [-0.05, 0) is 283 Å². The molecular weight excluding hydrogens is 1510 g/mol. The molecule has 6 aliphatic carbocycles. The van der Waals surface area contributed by atoms with Crippen LogP contribution in [0.5, 0.6) is 0 Å². The van der Waals surface area contributed by atoms with Crippen LogP contribution in [0.3, 0.4) is 0 Å². The smallest absolute Gasteiger partial charge is 0.325 e. The highest BCUT2D eigenvalue weighted by atomic mass is 28.5. The first-order valence-corrected chi connectivity index (χ1v) is 81.2. The van der Waals surface area contributed by atoms with Crippen molar-refractivity contribution in [1.82, 2.24) is 0 Å². The van der Waals surface area contributed by atoms with Gasteiger partial charge in [0, 0.05) is 11.1 Å². The maximum Gasteiger partial charge on any atom is 0.325 e. The van der Waals surface area contributed by atoms with Gasteiger partial charge in [0.2, 0.25) is 0 Å². The number of carbonyl (C=O) groups is 4. The number of ether oxygens (including phenoxy) is 2. The van der Waals surface area contributed by atoms with Crippen molar-refractivity contribution < 1.29 is 90.4 Å². The van der Waals surface area contributed by atoms with Crippen LogP contribution >= 0.6 is 0 Å². The molecular formula is C60H130O21Si16. The zero-order valence-electron chi connectivity index (χ0n) is 65.4. The lowest BCUT2D eigenvalue weighted by molar-refractivity contribution is -0.156. The highest BCUT2D eigenvalue weighted by Gasteiger charge is 2.69. The average Bonchev–Trinajstić information content (AvgIpc) is 1.57. The molecule has 4 bridgehead atoms. The van der Waals surface area contributed by atoms with Crippen molar-refractivity contribution in [3.63, 3.8) is 0 Å². The van der Waals surface area contributed by atoms with Crippen LogP contribution in [0.4, 0.5) is 0 Å². The van der Waals surface area contributed by atoms with E-state index in [0.29, 0.717) is 11.1 Å². The molecule has 2 aliphatic heterocycles. The van der Waals surface area contributed by atoms with E-state index in [4.69, 9.17) is 71.2 Å². The first-order chi connectivity index (χ1) is 43.6. The largest absolute Gasteiger partial charge is 0.436 e. The number of esters is 4. The minimum Gasteiger partial charge on any atom is -0.436 e. The predicted octanol–water partition coefficient (Wildman–Crippen LogP) is 16.3. The van der Waals surface area contributed by atoms with Crippen LogP contribution in [0.25, 0.3) is 0 Å². The summed E-state index contributed by atoms with van der Waals surface area (Å²) >= 11 is 0. The maximum atomic E-state index is 13.2. The van der Waals surface area contributed by atoms with Crippen LogP contribution in [0.2, 0.25) is 219 Å². The third-order valence-corrected chi connectivity index (χ3v) is 87.1. The SMILES string of the molecule is C[Si](C)(O[Si](C)(C)O[Si](C)(C)O[Si](C)(C)O[Si](C)(C)O[Si](C)(C)O[Si](C)(C)O[Si](C)(C)C1CC2CC1C1C(=O)OC(=O)C21)O[Si](C)(C)O[Si](C)(C)O[Si](C)(C)O[Si](C)(C)O[Si](C)(C)O[Si](C)(C)O[Si](O[Si](C)(C)C1CC2CC1C1C(=O)OC(=O)C21)(C1CCCCC1)C1CCCCC1. The third kappa shape index (κ3) is 21.3. The predicted molar refractivity (Wildman–Crippen MR) is 414 cm³/mol. The normalized spacial score (nSPS) is 28.3. The molecule has 0 aromatic heterocycles. The van der Waals surface area contributed by atoms with Crippen LogP contribution in [-0.4, -0.2) is 160 Å². The Balaban J connectivity index is 0.831. The number of hydrogen-bond donors (Lipinski definition) is 0. The van der Waals surface area contributed by atoms with E-state index in [1.165, 1.54) is 38.5 Å². The molecule has 0 amide bonds. The summed E-state index contributed by atoms with van der Waals surface area (Å²) in [5, 5.41) is 0. The average molecular weight is 1640 g/mol. The van der Waals surface area contributed by atoms with Crippen molar-refractivity contribution in [1.29, 1.82) is 0 Å². The van der Waals surface area contributed by atoms with E-state index < -0.39 is 136 Å². The van der Waals surface area contributed by atoms with Gasteiger partial charge >= 0.3 is 144 Å². The Bertz CT molecular complexity index is 2840. The van der Waals surface area contributed by atoms with Gasteiger partial charge in [-0.2, -0.15) is 0 Å². The van der Waals surface area contributed by atoms with Crippen molar-refractivity contribution in [2.24, 2.45) is 47.3 Å². The van der Waals surface area contributed by atoms with Crippen molar-refractivity contribution >= 4 is 160 Å². The van der Waals surface area contributed by atoms with Gasteiger partial charge in [0.1, 0.15) is 0 Å². The highest BCUT2D eigenvalue weighted by Crippen LogP contribution is 2.66. The zero-order chi connectivity index (χ0) is 73.2. The molecule has 10 unspecified atom stereocenters. The molecule has 10 atom stereocenters. The van der Waals surface area contributed by atoms with Crippen molar-refractivity contribution in [2.45, 2.75) is 308 Å². The Labute approximate surface area is 602 Å². The molecule has 560 valence electrons. The molecule has 6 saturated carbocycles. The molecule has 21 nitrogen and oxygen atoms in total.